The minimum absolute atomic E-state index is 0.0144. The predicted octanol–water partition coefficient (Wildman–Crippen LogP) is 4.08. The number of ether oxygens (including phenoxy) is 3. The number of alkyl halides is 4. The lowest BCUT2D eigenvalue weighted by Crippen LogP contribution is -2.54. The summed E-state index contributed by atoms with van der Waals surface area (Å²) in [6.07, 6.45) is -0.136. The molecule has 0 saturated carbocycles. The number of aliphatic carboxylic acids is 1. The summed E-state index contributed by atoms with van der Waals surface area (Å²) >= 11 is 0. The summed E-state index contributed by atoms with van der Waals surface area (Å²) in [6, 6.07) is 14.5. The van der Waals surface area contributed by atoms with Crippen LogP contribution in [0.2, 0.25) is 0 Å². The van der Waals surface area contributed by atoms with E-state index in [1.54, 1.807) is 44.3 Å². The Morgan fingerprint density at radius 3 is 2.33 bits per heavy atom. The second-order valence-electron chi connectivity index (χ2n) is 8.34. The lowest BCUT2D eigenvalue weighted by Gasteiger charge is -2.25. The van der Waals surface area contributed by atoms with E-state index in [1.807, 2.05) is 30.3 Å². The van der Waals surface area contributed by atoms with Gasteiger partial charge in [-0.25, -0.2) is 9.59 Å². The van der Waals surface area contributed by atoms with Gasteiger partial charge in [-0.3, -0.25) is 0 Å². The quantitative estimate of drug-likeness (QED) is 0.300. The van der Waals surface area contributed by atoms with Crippen LogP contribution in [0.1, 0.15) is 17.5 Å². The van der Waals surface area contributed by atoms with Crippen molar-refractivity contribution in [1.82, 2.24) is 4.90 Å². The van der Waals surface area contributed by atoms with Crippen molar-refractivity contribution in [2.45, 2.75) is 37.2 Å². The maximum absolute atomic E-state index is 13.9. The molecule has 7 nitrogen and oxygen atoms in total. The molecular weight excluding hydrogens is 486 g/mol. The van der Waals surface area contributed by atoms with Crippen molar-refractivity contribution in [3.8, 4) is 11.5 Å². The van der Waals surface area contributed by atoms with E-state index in [0.717, 1.165) is 11.1 Å². The molecule has 0 aliphatic heterocycles. The van der Waals surface area contributed by atoms with Crippen LogP contribution < -0.4 is 9.47 Å². The molecule has 198 valence electrons. The van der Waals surface area contributed by atoms with Gasteiger partial charge in [0.05, 0.1) is 7.11 Å². The van der Waals surface area contributed by atoms with E-state index in [-0.39, 0.29) is 13.0 Å². The monoisotopic (exact) mass is 515 g/mol. The van der Waals surface area contributed by atoms with Gasteiger partial charge in [-0.2, -0.15) is 17.6 Å². The van der Waals surface area contributed by atoms with Crippen molar-refractivity contribution >= 4 is 11.9 Å². The number of carboxylic acid groups (broad SMARTS) is 1. The number of hydrogen-bond acceptors (Lipinski definition) is 6. The van der Waals surface area contributed by atoms with Crippen molar-refractivity contribution in [3.63, 3.8) is 0 Å². The van der Waals surface area contributed by atoms with E-state index in [0.29, 0.717) is 24.3 Å². The van der Waals surface area contributed by atoms with E-state index in [4.69, 9.17) is 14.6 Å². The number of methoxy groups -OCH3 is 1. The Morgan fingerprint density at radius 2 is 1.69 bits per heavy atom. The van der Waals surface area contributed by atoms with Gasteiger partial charge >= 0.3 is 23.8 Å². The van der Waals surface area contributed by atoms with Crippen LogP contribution in [0.3, 0.4) is 0 Å². The SMILES string of the molecule is COc1cccc(CCc2ccccc2OCC(CCN(C)C)OC(=O)C(F)(F)C(F)(F)C(=O)O)c1. The molecule has 0 aliphatic rings. The molecule has 11 heteroatoms. The molecule has 1 N–H and O–H groups in total. The zero-order chi connectivity index (χ0) is 26.9. The number of halogens is 4. The van der Waals surface area contributed by atoms with Crippen LogP contribution in [-0.4, -0.2) is 74.3 Å². The summed E-state index contributed by atoms with van der Waals surface area (Å²) in [7, 11) is 4.93. The first-order valence-corrected chi connectivity index (χ1v) is 11.1. The molecule has 0 radical (unpaired) electrons. The Balaban J connectivity index is 2.12. The number of carbonyl (C=O) groups is 2. The van der Waals surface area contributed by atoms with Crippen molar-refractivity contribution < 1.29 is 46.5 Å². The van der Waals surface area contributed by atoms with Crippen LogP contribution in [0.5, 0.6) is 11.5 Å². The number of rotatable bonds is 14. The molecule has 2 aromatic carbocycles. The molecule has 2 aromatic rings. The van der Waals surface area contributed by atoms with E-state index >= 15 is 0 Å². The highest BCUT2D eigenvalue weighted by Crippen LogP contribution is 2.36. The number of benzene rings is 2. The Kier molecular flexibility index (Phi) is 10.1. The van der Waals surface area contributed by atoms with Crippen LogP contribution in [0.25, 0.3) is 0 Å². The number of hydrogen-bond donors (Lipinski definition) is 1. The number of carboxylic acids is 1. The highest BCUT2D eigenvalue weighted by Gasteiger charge is 2.69. The van der Waals surface area contributed by atoms with Gasteiger partial charge in [0.25, 0.3) is 0 Å². The van der Waals surface area contributed by atoms with Crippen LogP contribution in [0, 0.1) is 0 Å². The highest BCUT2D eigenvalue weighted by molar-refractivity contribution is 5.89. The van der Waals surface area contributed by atoms with Gasteiger partial charge in [0.2, 0.25) is 0 Å². The molecule has 0 spiro atoms. The lowest BCUT2D eigenvalue weighted by atomic mass is 10.0. The number of para-hydroxylation sites is 1. The van der Waals surface area contributed by atoms with Crippen LogP contribution in [0.4, 0.5) is 17.6 Å². The minimum Gasteiger partial charge on any atom is -0.497 e. The fourth-order valence-corrected chi connectivity index (χ4v) is 3.21. The fourth-order valence-electron chi connectivity index (χ4n) is 3.21. The molecule has 0 aromatic heterocycles. The summed E-state index contributed by atoms with van der Waals surface area (Å²) < 4.78 is 70.2. The topological polar surface area (TPSA) is 85.3 Å². The van der Waals surface area contributed by atoms with Crippen molar-refractivity contribution in [3.05, 3.63) is 59.7 Å². The van der Waals surface area contributed by atoms with Gasteiger partial charge in [0.15, 0.2) is 0 Å². The van der Waals surface area contributed by atoms with Crippen molar-refractivity contribution in [2.75, 3.05) is 34.4 Å². The van der Waals surface area contributed by atoms with Crippen molar-refractivity contribution in [1.29, 1.82) is 0 Å². The second kappa shape index (κ2) is 12.6. The van der Waals surface area contributed by atoms with Crippen LogP contribution >= 0.6 is 0 Å². The van der Waals surface area contributed by atoms with E-state index in [1.165, 1.54) is 0 Å². The summed E-state index contributed by atoms with van der Waals surface area (Å²) in [5.74, 6) is -15.8. The summed E-state index contributed by atoms with van der Waals surface area (Å²) in [6.45, 7) is -0.135. The largest absolute Gasteiger partial charge is 0.497 e. The predicted molar refractivity (Wildman–Crippen MR) is 123 cm³/mol. The normalized spacial score (nSPS) is 12.8. The summed E-state index contributed by atoms with van der Waals surface area (Å²) in [5, 5.41) is 8.40. The average Bonchev–Trinajstić information content (AvgIpc) is 2.84. The van der Waals surface area contributed by atoms with Gasteiger partial charge in [-0.05, 0) is 56.3 Å². The highest BCUT2D eigenvalue weighted by atomic mass is 19.3. The molecule has 0 fully saturated rings. The Morgan fingerprint density at radius 1 is 1.00 bits per heavy atom. The van der Waals surface area contributed by atoms with Gasteiger partial charge in [0.1, 0.15) is 24.2 Å². The van der Waals surface area contributed by atoms with Gasteiger partial charge in [-0.1, -0.05) is 30.3 Å². The molecule has 0 heterocycles. The first-order valence-electron chi connectivity index (χ1n) is 11.1. The second-order valence-corrected chi connectivity index (χ2v) is 8.34. The molecule has 2 rings (SSSR count). The van der Waals surface area contributed by atoms with E-state index in [2.05, 4.69) is 4.74 Å². The molecule has 0 saturated heterocycles. The lowest BCUT2D eigenvalue weighted by molar-refractivity contribution is -0.238. The Hall–Kier alpha value is -3.34. The summed E-state index contributed by atoms with van der Waals surface area (Å²) in [5.41, 5.74) is 1.81. The number of nitrogens with zero attached hydrogens (tertiary/aromatic N) is 1. The average molecular weight is 516 g/mol. The molecule has 0 amide bonds. The Bertz CT molecular complexity index is 1030. The van der Waals surface area contributed by atoms with E-state index < -0.39 is 36.5 Å². The third kappa shape index (κ3) is 7.58. The molecule has 0 aliphatic carbocycles. The molecule has 0 bridgehead atoms. The number of esters is 1. The maximum Gasteiger partial charge on any atom is 0.415 e. The van der Waals surface area contributed by atoms with Crippen molar-refractivity contribution in [2.24, 2.45) is 0 Å². The Labute approximate surface area is 206 Å². The third-order valence-electron chi connectivity index (χ3n) is 5.31. The number of carbonyl (C=O) groups excluding carboxylic acids is 1. The van der Waals surface area contributed by atoms with E-state index in [9.17, 15) is 27.2 Å². The van der Waals surface area contributed by atoms with Crippen LogP contribution in [0.15, 0.2) is 48.5 Å². The zero-order valence-corrected chi connectivity index (χ0v) is 20.2. The van der Waals surface area contributed by atoms with Crippen LogP contribution in [-0.2, 0) is 27.2 Å². The molecular formula is C25H29F4NO6. The zero-order valence-electron chi connectivity index (χ0n) is 20.2. The summed E-state index contributed by atoms with van der Waals surface area (Å²) in [4.78, 5) is 24.1. The smallest absolute Gasteiger partial charge is 0.415 e. The molecule has 1 unspecified atom stereocenters. The standard InChI is InChI=1S/C25H29F4NO6/c1-30(2)14-13-20(36-23(33)25(28,29)24(26,27)22(31)32)16-35-21-10-5-4-8-18(21)12-11-17-7-6-9-19(15-17)34-3/h4-10,15,20H,11-14,16H2,1-3H3,(H,31,32). The maximum atomic E-state index is 13.9. The fraction of sp³-hybridized carbons (Fsp3) is 0.440. The molecule has 1 atom stereocenters. The first kappa shape index (κ1) is 28.9. The number of aryl methyl sites for hydroxylation is 2. The first-order chi connectivity index (χ1) is 16.9. The van der Waals surface area contributed by atoms with Gasteiger partial charge in [-0.15, -0.1) is 0 Å². The molecule has 36 heavy (non-hydrogen) atoms. The van der Waals surface area contributed by atoms with Gasteiger partial charge in [0, 0.05) is 13.0 Å². The third-order valence-corrected chi connectivity index (χ3v) is 5.31. The minimum atomic E-state index is -5.62. The van der Waals surface area contributed by atoms with Gasteiger partial charge < -0.3 is 24.2 Å².